The van der Waals surface area contributed by atoms with Crippen LogP contribution in [0.25, 0.3) is 10.9 Å². The second-order valence-corrected chi connectivity index (χ2v) is 10.3. The van der Waals surface area contributed by atoms with E-state index < -0.39 is 5.60 Å². The average molecular weight is 509 g/mol. The number of aliphatic hydroxyl groups is 1. The van der Waals surface area contributed by atoms with Gasteiger partial charge >= 0.3 is 0 Å². The van der Waals surface area contributed by atoms with E-state index in [2.05, 4.69) is 0 Å². The minimum absolute atomic E-state index is 0.0482. The molecule has 2 aliphatic heterocycles. The minimum atomic E-state index is -1.22. The zero-order chi connectivity index (χ0) is 25.3. The number of likely N-dealkylation sites (tertiary alicyclic amines) is 1. The summed E-state index contributed by atoms with van der Waals surface area (Å²) >= 11 is 7.08. The number of carbonyl (C=O) groups excluding carboxylic acids is 1. The van der Waals surface area contributed by atoms with Crippen LogP contribution in [0.4, 0.5) is 0 Å². The maximum absolute atomic E-state index is 12.5. The summed E-state index contributed by atoms with van der Waals surface area (Å²) in [5.41, 5.74) is 2.06. The van der Waals surface area contributed by atoms with Crippen molar-refractivity contribution in [3.05, 3.63) is 70.2 Å². The van der Waals surface area contributed by atoms with Crippen molar-refractivity contribution in [3.63, 3.8) is 0 Å². The fourth-order valence-electron chi connectivity index (χ4n) is 5.89. The first-order valence-corrected chi connectivity index (χ1v) is 13.1. The first kappa shape index (κ1) is 25.0. The van der Waals surface area contributed by atoms with Gasteiger partial charge in [-0.25, -0.2) is 4.98 Å². The Balaban J connectivity index is 1.62. The van der Waals surface area contributed by atoms with Crippen LogP contribution in [0.3, 0.4) is 0 Å². The summed E-state index contributed by atoms with van der Waals surface area (Å²) in [6, 6.07) is 15.7. The van der Waals surface area contributed by atoms with Crippen molar-refractivity contribution in [2.45, 2.75) is 44.1 Å². The highest BCUT2D eigenvalue weighted by Crippen LogP contribution is 2.45. The van der Waals surface area contributed by atoms with E-state index in [4.69, 9.17) is 26.1 Å². The van der Waals surface area contributed by atoms with Crippen LogP contribution < -0.4 is 4.74 Å². The second-order valence-electron chi connectivity index (χ2n) is 9.88. The van der Waals surface area contributed by atoms with Gasteiger partial charge in [-0.3, -0.25) is 4.79 Å². The Morgan fingerprint density at radius 1 is 1.08 bits per heavy atom. The Hall–Kier alpha value is -2.67. The van der Waals surface area contributed by atoms with Gasteiger partial charge < -0.3 is 19.5 Å². The minimum Gasteiger partial charge on any atom is -0.481 e. The van der Waals surface area contributed by atoms with Crippen molar-refractivity contribution in [2.75, 3.05) is 33.4 Å². The Bertz CT molecular complexity index is 1240. The van der Waals surface area contributed by atoms with Crippen molar-refractivity contribution in [1.82, 2.24) is 9.88 Å². The van der Waals surface area contributed by atoms with Crippen LogP contribution in [0, 0.1) is 5.92 Å². The molecule has 1 amide bonds. The number of halogens is 1. The third kappa shape index (κ3) is 4.47. The molecule has 2 fully saturated rings. The van der Waals surface area contributed by atoms with E-state index >= 15 is 0 Å². The standard InChI is InChI=1S/C29H33ClN2O4/c1-19(33)32-14-10-22(11-15-32)29(34,21-6-4-3-5-7-21)23-8-9-25-24(18-23)27(30)26(28(31-25)35-2)20-12-16-36-17-13-20/h3-9,18,20,22,34H,10-17H2,1-2H3/t29-/m1/s1. The molecule has 3 heterocycles. The zero-order valence-electron chi connectivity index (χ0n) is 20.9. The number of nitrogens with zero attached hydrogens (tertiary/aromatic N) is 2. The fourth-order valence-corrected chi connectivity index (χ4v) is 6.28. The van der Waals surface area contributed by atoms with Crippen molar-refractivity contribution < 1.29 is 19.4 Å². The number of rotatable bonds is 5. The first-order chi connectivity index (χ1) is 17.4. The number of piperidine rings is 1. The molecule has 0 unspecified atom stereocenters. The molecule has 2 saturated heterocycles. The molecule has 1 atom stereocenters. The lowest BCUT2D eigenvalue weighted by atomic mass is 9.71. The molecule has 0 saturated carbocycles. The van der Waals surface area contributed by atoms with Crippen molar-refractivity contribution in [1.29, 1.82) is 0 Å². The number of carbonyl (C=O) groups is 1. The molecular formula is C29H33ClN2O4. The molecule has 1 N–H and O–H groups in total. The van der Waals surface area contributed by atoms with Gasteiger partial charge in [0.05, 0.1) is 17.6 Å². The predicted molar refractivity (Wildman–Crippen MR) is 141 cm³/mol. The molecule has 0 spiro atoms. The zero-order valence-corrected chi connectivity index (χ0v) is 21.6. The fraction of sp³-hybridized carbons (Fsp3) is 0.448. The Morgan fingerprint density at radius 2 is 1.78 bits per heavy atom. The largest absolute Gasteiger partial charge is 0.481 e. The van der Waals surface area contributed by atoms with Crippen LogP contribution in [-0.2, 0) is 15.1 Å². The summed E-state index contributed by atoms with van der Waals surface area (Å²) in [7, 11) is 1.63. The highest BCUT2D eigenvalue weighted by molar-refractivity contribution is 6.36. The number of hydrogen-bond acceptors (Lipinski definition) is 5. The van der Waals surface area contributed by atoms with Crippen LogP contribution in [0.15, 0.2) is 48.5 Å². The molecular weight excluding hydrogens is 476 g/mol. The van der Waals surface area contributed by atoms with Gasteiger partial charge in [0.2, 0.25) is 11.8 Å². The number of amides is 1. The second kappa shape index (κ2) is 10.4. The van der Waals surface area contributed by atoms with Gasteiger partial charge in [0.25, 0.3) is 0 Å². The number of hydrogen-bond donors (Lipinski definition) is 1. The lowest BCUT2D eigenvalue weighted by molar-refractivity contribution is -0.131. The van der Waals surface area contributed by atoms with Crippen molar-refractivity contribution in [2.24, 2.45) is 5.92 Å². The maximum atomic E-state index is 12.5. The molecule has 5 rings (SSSR count). The summed E-state index contributed by atoms with van der Waals surface area (Å²) in [4.78, 5) is 18.6. The topological polar surface area (TPSA) is 71.9 Å². The molecule has 0 aliphatic carbocycles. The molecule has 0 bridgehead atoms. The lowest BCUT2D eigenvalue weighted by Gasteiger charge is -2.42. The SMILES string of the molecule is COc1nc2ccc([C@@](O)(c3ccccc3)C3CCN(C(C)=O)CC3)cc2c(Cl)c1C1CCOCC1. The number of benzene rings is 2. The van der Waals surface area contributed by atoms with Crippen LogP contribution in [0.2, 0.25) is 5.02 Å². The normalized spacial score (nSPS) is 19.3. The van der Waals surface area contributed by atoms with Crippen LogP contribution >= 0.6 is 11.6 Å². The van der Waals surface area contributed by atoms with Gasteiger partial charge in [0.15, 0.2) is 0 Å². The molecule has 0 radical (unpaired) electrons. The van der Waals surface area contributed by atoms with Gasteiger partial charge in [-0.1, -0.05) is 48.0 Å². The summed E-state index contributed by atoms with van der Waals surface area (Å²) in [6.45, 7) is 4.25. The van der Waals surface area contributed by atoms with Crippen LogP contribution in [0.5, 0.6) is 5.88 Å². The predicted octanol–water partition coefficient (Wildman–Crippen LogP) is 5.29. The number of fused-ring (bicyclic) bond motifs is 1. The van der Waals surface area contributed by atoms with E-state index in [1.54, 1.807) is 14.0 Å². The third-order valence-electron chi connectivity index (χ3n) is 7.93. The molecule has 3 aromatic rings. The lowest BCUT2D eigenvalue weighted by Crippen LogP contribution is -2.45. The van der Waals surface area contributed by atoms with Crippen LogP contribution in [-0.4, -0.2) is 54.3 Å². The first-order valence-electron chi connectivity index (χ1n) is 12.7. The van der Waals surface area contributed by atoms with E-state index in [0.717, 1.165) is 40.4 Å². The molecule has 36 heavy (non-hydrogen) atoms. The van der Waals surface area contributed by atoms with E-state index in [9.17, 15) is 9.90 Å². The third-order valence-corrected chi connectivity index (χ3v) is 8.34. The van der Waals surface area contributed by atoms with Crippen molar-refractivity contribution in [3.8, 4) is 5.88 Å². The van der Waals surface area contributed by atoms with Gasteiger partial charge in [-0.15, -0.1) is 0 Å². The number of methoxy groups -OCH3 is 1. The van der Waals surface area contributed by atoms with E-state index in [0.29, 0.717) is 50.0 Å². The highest BCUT2D eigenvalue weighted by Gasteiger charge is 2.42. The number of ether oxygens (including phenoxy) is 2. The smallest absolute Gasteiger partial charge is 0.219 e. The van der Waals surface area contributed by atoms with Crippen molar-refractivity contribution >= 4 is 28.4 Å². The molecule has 1 aromatic heterocycles. The summed E-state index contributed by atoms with van der Waals surface area (Å²) in [5.74, 6) is 0.801. The summed E-state index contributed by atoms with van der Waals surface area (Å²) < 4.78 is 11.2. The van der Waals surface area contributed by atoms with Gasteiger partial charge in [0.1, 0.15) is 5.60 Å². The molecule has 7 heteroatoms. The maximum Gasteiger partial charge on any atom is 0.219 e. The number of pyridine rings is 1. The van der Waals surface area contributed by atoms with Gasteiger partial charge in [-0.05, 0) is 60.8 Å². The van der Waals surface area contributed by atoms with Gasteiger partial charge in [-0.2, -0.15) is 0 Å². The average Bonchev–Trinajstić information content (AvgIpc) is 2.93. The summed E-state index contributed by atoms with van der Waals surface area (Å²) in [5, 5.41) is 13.9. The van der Waals surface area contributed by atoms with Gasteiger partial charge in [0, 0.05) is 44.2 Å². The summed E-state index contributed by atoms with van der Waals surface area (Å²) in [6.07, 6.45) is 3.16. The molecule has 190 valence electrons. The Morgan fingerprint density at radius 3 is 2.42 bits per heavy atom. The highest BCUT2D eigenvalue weighted by atomic mass is 35.5. The Kier molecular flexibility index (Phi) is 7.20. The molecule has 2 aliphatic rings. The molecule has 2 aromatic carbocycles. The quantitative estimate of drug-likeness (QED) is 0.507. The van der Waals surface area contributed by atoms with E-state index in [1.165, 1.54) is 0 Å². The monoisotopic (exact) mass is 508 g/mol. The number of aromatic nitrogens is 1. The van der Waals surface area contributed by atoms with E-state index in [1.807, 2.05) is 53.4 Å². The molecule has 6 nitrogen and oxygen atoms in total. The van der Waals surface area contributed by atoms with Crippen LogP contribution in [0.1, 0.15) is 55.2 Å². The Labute approximate surface area is 217 Å². The van der Waals surface area contributed by atoms with E-state index in [-0.39, 0.29) is 17.7 Å².